The van der Waals surface area contributed by atoms with Crippen LogP contribution in [0.4, 0.5) is 5.13 Å². The van der Waals surface area contributed by atoms with Gasteiger partial charge in [-0.2, -0.15) is 0 Å². The summed E-state index contributed by atoms with van der Waals surface area (Å²) in [6.07, 6.45) is 1.78. The Morgan fingerprint density at radius 2 is 1.95 bits per heavy atom. The van der Waals surface area contributed by atoms with Gasteiger partial charge >= 0.3 is 0 Å². The maximum atomic E-state index is 5.69. The fourth-order valence-corrected chi connectivity index (χ4v) is 2.38. The summed E-state index contributed by atoms with van der Waals surface area (Å²) < 4.78 is 5.69. The number of hydrogen-bond acceptors (Lipinski definition) is 5. The molecule has 0 saturated carbocycles. The molecule has 4 nitrogen and oxygen atoms in total. The number of aromatic nitrogens is 2. The van der Waals surface area contributed by atoms with Crippen molar-refractivity contribution in [1.29, 1.82) is 0 Å². The minimum Gasteiger partial charge on any atom is -0.494 e. The maximum Gasteiger partial charge on any atom is 0.203 e. The van der Waals surface area contributed by atoms with Gasteiger partial charge in [0.15, 0.2) is 0 Å². The minimum absolute atomic E-state index is 0.528. The van der Waals surface area contributed by atoms with E-state index in [2.05, 4.69) is 36.2 Å². The Morgan fingerprint density at radius 3 is 2.53 bits per heavy atom. The lowest BCUT2D eigenvalue weighted by atomic mass is 10.0. The molecular formula is C14H19N3OS. The summed E-state index contributed by atoms with van der Waals surface area (Å²) in [6.45, 7) is 5.05. The number of nitrogens with zero attached hydrogens (tertiary/aromatic N) is 2. The Labute approximate surface area is 117 Å². The smallest absolute Gasteiger partial charge is 0.203 e. The highest BCUT2D eigenvalue weighted by molar-refractivity contribution is 7.15. The highest BCUT2D eigenvalue weighted by Gasteiger charge is 2.02. The number of hydrogen-bond donors (Lipinski definition) is 1. The largest absolute Gasteiger partial charge is 0.494 e. The molecular weight excluding hydrogens is 258 g/mol. The highest BCUT2D eigenvalue weighted by Crippen LogP contribution is 2.19. The molecule has 0 bridgehead atoms. The van der Waals surface area contributed by atoms with E-state index in [0.29, 0.717) is 17.7 Å². The summed E-state index contributed by atoms with van der Waals surface area (Å²) in [5.74, 6) is 1.47. The van der Waals surface area contributed by atoms with Gasteiger partial charge in [0.05, 0.1) is 6.61 Å². The number of nitrogens with two attached hydrogens (primary N) is 1. The zero-order valence-corrected chi connectivity index (χ0v) is 12.1. The number of aryl methyl sites for hydroxylation is 1. The maximum absolute atomic E-state index is 5.69. The molecule has 0 unspecified atom stereocenters. The molecule has 0 atom stereocenters. The minimum atomic E-state index is 0.528. The second-order valence-electron chi connectivity index (χ2n) is 4.71. The van der Waals surface area contributed by atoms with Gasteiger partial charge in [0, 0.05) is 6.42 Å². The predicted molar refractivity (Wildman–Crippen MR) is 78.7 cm³/mol. The number of benzene rings is 1. The first-order valence-corrected chi connectivity index (χ1v) is 7.27. The van der Waals surface area contributed by atoms with E-state index < -0.39 is 0 Å². The van der Waals surface area contributed by atoms with Gasteiger partial charge in [-0.05, 0) is 30.0 Å². The first kappa shape index (κ1) is 13.8. The van der Waals surface area contributed by atoms with Gasteiger partial charge in [-0.15, -0.1) is 10.2 Å². The van der Waals surface area contributed by atoms with Crippen LogP contribution < -0.4 is 10.5 Å². The van der Waals surface area contributed by atoms with Crippen LogP contribution in [0.25, 0.3) is 0 Å². The van der Waals surface area contributed by atoms with Crippen LogP contribution in [-0.2, 0) is 6.42 Å². The number of nitrogen functional groups attached to an aromatic ring is 1. The van der Waals surface area contributed by atoms with Crippen LogP contribution in [0.5, 0.6) is 5.75 Å². The van der Waals surface area contributed by atoms with Gasteiger partial charge < -0.3 is 10.5 Å². The average Bonchev–Trinajstić information content (AvgIpc) is 2.81. The molecule has 2 aromatic rings. The first-order valence-electron chi connectivity index (χ1n) is 6.46. The van der Waals surface area contributed by atoms with Gasteiger partial charge in [0.1, 0.15) is 10.8 Å². The molecule has 0 saturated heterocycles. The molecule has 0 spiro atoms. The molecule has 0 fully saturated rings. The fourth-order valence-electron chi connectivity index (χ4n) is 1.73. The molecule has 0 amide bonds. The van der Waals surface area contributed by atoms with Gasteiger partial charge in [0.2, 0.25) is 5.13 Å². The van der Waals surface area contributed by atoms with Crippen molar-refractivity contribution in [1.82, 2.24) is 10.2 Å². The third kappa shape index (κ3) is 4.21. The second-order valence-corrected chi connectivity index (χ2v) is 5.80. The Kier molecular flexibility index (Phi) is 4.74. The topological polar surface area (TPSA) is 61.0 Å². The third-order valence-corrected chi connectivity index (χ3v) is 3.65. The molecule has 0 aliphatic rings. The molecule has 102 valence electrons. The molecule has 1 heterocycles. The zero-order valence-electron chi connectivity index (χ0n) is 11.3. The lowest BCUT2D eigenvalue weighted by Crippen LogP contribution is -1.99. The van der Waals surface area contributed by atoms with E-state index in [1.54, 1.807) is 0 Å². The summed E-state index contributed by atoms with van der Waals surface area (Å²) in [7, 11) is 0. The average molecular weight is 277 g/mol. The SMILES string of the molecule is CC(C)c1ccc(OCCCc2nnc(N)s2)cc1. The van der Waals surface area contributed by atoms with Crippen molar-refractivity contribution in [2.45, 2.75) is 32.6 Å². The van der Waals surface area contributed by atoms with E-state index in [-0.39, 0.29) is 0 Å². The summed E-state index contributed by atoms with van der Waals surface area (Å²) in [5, 5.41) is 9.26. The zero-order chi connectivity index (χ0) is 13.7. The summed E-state index contributed by atoms with van der Waals surface area (Å²) >= 11 is 1.44. The Bertz CT molecular complexity index is 508. The Balaban J connectivity index is 1.73. The molecule has 2 N–H and O–H groups in total. The lowest BCUT2D eigenvalue weighted by molar-refractivity contribution is 0.310. The predicted octanol–water partition coefficient (Wildman–Crippen LogP) is 3.26. The molecule has 0 aliphatic carbocycles. The molecule has 2 rings (SSSR count). The number of rotatable bonds is 6. The van der Waals surface area contributed by atoms with Crippen LogP contribution >= 0.6 is 11.3 Å². The summed E-state index contributed by atoms with van der Waals surface area (Å²) in [5.41, 5.74) is 6.86. The van der Waals surface area contributed by atoms with E-state index >= 15 is 0 Å². The molecule has 1 aromatic carbocycles. The van der Waals surface area contributed by atoms with Gasteiger partial charge in [-0.25, -0.2) is 0 Å². The van der Waals surface area contributed by atoms with E-state index in [1.807, 2.05) is 12.1 Å². The van der Waals surface area contributed by atoms with Crippen LogP contribution in [0.15, 0.2) is 24.3 Å². The number of ether oxygens (including phenoxy) is 1. The quantitative estimate of drug-likeness (QED) is 0.823. The first-order chi connectivity index (χ1) is 9.15. The molecule has 0 radical (unpaired) electrons. The monoisotopic (exact) mass is 277 g/mol. The Morgan fingerprint density at radius 1 is 1.21 bits per heavy atom. The molecule has 19 heavy (non-hydrogen) atoms. The molecule has 0 aliphatic heterocycles. The van der Waals surface area contributed by atoms with Crippen molar-refractivity contribution in [3.63, 3.8) is 0 Å². The van der Waals surface area contributed by atoms with E-state index in [9.17, 15) is 0 Å². The van der Waals surface area contributed by atoms with Gasteiger partial charge in [-0.3, -0.25) is 0 Å². The second kappa shape index (κ2) is 6.52. The van der Waals surface area contributed by atoms with E-state index in [1.165, 1.54) is 16.9 Å². The van der Waals surface area contributed by atoms with Gasteiger partial charge in [0.25, 0.3) is 0 Å². The van der Waals surface area contributed by atoms with Crippen LogP contribution in [-0.4, -0.2) is 16.8 Å². The van der Waals surface area contributed by atoms with Crippen LogP contribution in [0, 0.1) is 0 Å². The highest BCUT2D eigenvalue weighted by atomic mass is 32.1. The fraction of sp³-hybridized carbons (Fsp3) is 0.429. The van der Waals surface area contributed by atoms with E-state index in [0.717, 1.165) is 23.6 Å². The van der Waals surface area contributed by atoms with Crippen molar-refractivity contribution in [3.8, 4) is 5.75 Å². The van der Waals surface area contributed by atoms with Crippen LogP contribution in [0.2, 0.25) is 0 Å². The van der Waals surface area contributed by atoms with Crippen molar-refractivity contribution in [2.75, 3.05) is 12.3 Å². The van der Waals surface area contributed by atoms with E-state index in [4.69, 9.17) is 10.5 Å². The third-order valence-electron chi connectivity index (χ3n) is 2.83. The molecule has 1 aromatic heterocycles. The van der Waals surface area contributed by atoms with Crippen LogP contribution in [0.3, 0.4) is 0 Å². The van der Waals surface area contributed by atoms with Gasteiger partial charge in [-0.1, -0.05) is 37.3 Å². The normalized spacial score (nSPS) is 10.9. The van der Waals surface area contributed by atoms with Crippen molar-refractivity contribution in [3.05, 3.63) is 34.8 Å². The van der Waals surface area contributed by atoms with Crippen molar-refractivity contribution in [2.24, 2.45) is 0 Å². The van der Waals surface area contributed by atoms with Crippen molar-refractivity contribution < 1.29 is 4.74 Å². The Hall–Kier alpha value is -1.62. The lowest BCUT2D eigenvalue weighted by Gasteiger charge is -2.08. The molecule has 5 heteroatoms. The standard InChI is InChI=1S/C14H19N3OS/c1-10(2)11-5-7-12(8-6-11)18-9-3-4-13-16-17-14(15)19-13/h5-8,10H,3-4,9H2,1-2H3,(H2,15,17). The van der Waals surface area contributed by atoms with Crippen molar-refractivity contribution >= 4 is 16.5 Å². The summed E-state index contributed by atoms with van der Waals surface area (Å²) in [6, 6.07) is 8.29. The summed E-state index contributed by atoms with van der Waals surface area (Å²) in [4.78, 5) is 0. The van der Waals surface area contributed by atoms with Crippen LogP contribution in [0.1, 0.15) is 36.8 Å². The number of anilines is 1.